The number of aryl methyl sites for hydroxylation is 1. The first kappa shape index (κ1) is 13.4. The van der Waals surface area contributed by atoms with E-state index in [9.17, 15) is 4.39 Å². The van der Waals surface area contributed by atoms with Crippen molar-refractivity contribution in [3.05, 3.63) is 70.0 Å². The lowest BCUT2D eigenvalue weighted by Gasteiger charge is -2.11. The third-order valence-corrected chi connectivity index (χ3v) is 3.68. The van der Waals surface area contributed by atoms with E-state index >= 15 is 0 Å². The van der Waals surface area contributed by atoms with E-state index in [2.05, 4.69) is 0 Å². The molecule has 0 spiro atoms. The van der Waals surface area contributed by atoms with Crippen LogP contribution < -0.4 is 0 Å². The van der Waals surface area contributed by atoms with Crippen molar-refractivity contribution in [2.24, 2.45) is 0 Å². The van der Waals surface area contributed by atoms with Crippen LogP contribution in [0, 0.1) is 12.7 Å². The van der Waals surface area contributed by atoms with Crippen molar-refractivity contribution >= 4 is 23.2 Å². The van der Waals surface area contributed by atoms with Gasteiger partial charge in [-0.15, -0.1) is 11.6 Å². The summed E-state index contributed by atoms with van der Waals surface area (Å²) in [5.41, 5.74) is 2.86. The molecule has 0 fully saturated rings. The molecule has 94 valence electrons. The number of halogens is 3. The molecule has 2 aromatic carbocycles. The molecule has 0 heterocycles. The lowest BCUT2D eigenvalue weighted by Crippen LogP contribution is -1.97. The van der Waals surface area contributed by atoms with Crippen molar-refractivity contribution in [1.82, 2.24) is 0 Å². The minimum absolute atomic E-state index is 0.204. The molecule has 0 aliphatic rings. The van der Waals surface area contributed by atoms with Gasteiger partial charge in [-0.2, -0.15) is 0 Å². The van der Waals surface area contributed by atoms with Crippen molar-refractivity contribution in [1.29, 1.82) is 0 Å². The summed E-state index contributed by atoms with van der Waals surface area (Å²) in [6.45, 7) is 1.95. The summed E-state index contributed by atoms with van der Waals surface area (Å²) in [6.07, 6.45) is 0.582. The molecule has 2 rings (SSSR count). The van der Waals surface area contributed by atoms with Crippen LogP contribution in [0.3, 0.4) is 0 Å². The zero-order valence-corrected chi connectivity index (χ0v) is 11.5. The van der Waals surface area contributed by atoms with Gasteiger partial charge in [0.2, 0.25) is 0 Å². The summed E-state index contributed by atoms with van der Waals surface area (Å²) in [6, 6.07) is 12.3. The van der Waals surface area contributed by atoms with Gasteiger partial charge in [-0.3, -0.25) is 0 Å². The second-order valence-corrected chi connectivity index (χ2v) is 5.24. The predicted molar refractivity (Wildman–Crippen MR) is 74.9 cm³/mol. The van der Waals surface area contributed by atoms with Crippen LogP contribution in [0.2, 0.25) is 5.02 Å². The monoisotopic (exact) mass is 282 g/mol. The molecule has 1 unspecified atom stereocenters. The van der Waals surface area contributed by atoms with Gasteiger partial charge in [-0.25, -0.2) is 4.39 Å². The van der Waals surface area contributed by atoms with Crippen LogP contribution in [0.5, 0.6) is 0 Å². The third kappa shape index (κ3) is 3.24. The van der Waals surface area contributed by atoms with Gasteiger partial charge in [0.25, 0.3) is 0 Å². The average Bonchev–Trinajstić information content (AvgIpc) is 2.32. The smallest absolute Gasteiger partial charge is 0.123 e. The van der Waals surface area contributed by atoms with Crippen LogP contribution in [-0.4, -0.2) is 0 Å². The highest BCUT2D eigenvalue weighted by Crippen LogP contribution is 2.28. The fourth-order valence-electron chi connectivity index (χ4n) is 1.79. The summed E-state index contributed by atoms with van der Waals surface area (Å²) < 4.78 is 13.1. The normalized spacial score (nSPS) is 12.4. The zero-order valence-electron chi connectivity index (χ0n) is 9.96. The number of hydrogen-bond acceptors (Lipinski definition) is 0. The zero-order chi connectivity index (χ0) is 13.1. The second kappa shape index (κ2) is 5.73. The first-order chi connectivity index (χ1) is 8.56. The van der Waals surface area contributed by atoms with E-state index in [4.69, 9.17) is 23.2 Å². The Kier molecular flexibility index (Phi) is 4.26. The number of rotatable bonds is 3. The van der Waals surface area contributed by atoms with Gasteiger partial charge in [0.15, 0.2) is 0 Å². The largest absolute Gasteiger partial charge is 0.207 e. The van der Waals surface area contributed by atoms with Crippen molar-refractivity contribution in [3.8, 4) is 0 Å². The van der Waals surface area contributed by atoms with Crippen molar-refractivity contribution in [2.45, 2.75) is 18.7 Å². The molecule has 0 saturated heterocycles. The van der Waals surface area contributed by atoms with E-state index in [0.717, 1.165) is 16.7 Å². The summed E-state index contributed by atoms with van der Waals surface area (Å²) in [5, 5.41) is 0.502. The van der Waals surface area contributed by atoms with Gasteiger partial charge in [-0.1, -0.05) is 35.9 Å². The predicted octanol–water partition coefficient (Wildman–Crippen LogP) is 5.31. The van der Waals surface area contributed by atoms with E-state index in [-0.39, 0.29) is 11.2 Å². The Morgan fingerprint density at radius 1 is 1.17 bits per heavy atom. The number of alkyl halides is 1. The molecule has 3 heteroatoms. The summed E-state index contributed by atoms with van der Waals surface area (Å²) in [7, 11) is 0. The van der Waals surface area contributed by atoms with Crippen LogP contribution in [0.1, 0.15) is 22.1 Å². The molecule has 0 amide bonds. The third-order valence-electron chi connectivity index (χ3n) is 2.86. The molecule has 0 radical (unpaired) electrons. The van der Waals surface area contributed by atoms with Gasteiger partial charge in [0.05, 0.1) is 5.38 Å². The molecule has 18 heavy (non-hydrogen) atoms. The Labute approximate surface area is 116 Å². The summed E-state index contributed by atoms with van der Waals surface area (Å²) >= 11 is 12.4. The summed E-state index contributed by atoms with van der Waals surface area (Å²) in [4.78, 5) is 0. The van der Waals surface area contributed by atoms with Gasteiger partial charge in [0.1, 0.15) is 5.82 Å². The van der Waals surface area contributed by atoms with Gasteiger partial charge in [0, 0.05) is 5.02 Å². The lowest BCUT2D eigenvalue weighted by molar-refractivity contribution is 0.625. The average molecular weight is 283 g/mol. The van der Waals surface area contributed by atoms with E-state index in [0.29, 0.717) is 11.4 Å². The standard InChI is InChI=1S/C15H13Cl2F/c1-10-5-6-12(9-14(10)16)15(17)8-11-3-2-4-13(18)7-11/h2-7,9,15H,8H2,1H3. The highest BCUT2D eigenvalue weighted by atomic mass is 35.5. The Bertz CT molecular complexity index is 552. The second-order valence-electron chi connectivity index (χ2n) is 4.31. The van der Waals surface area contributed by atoms with E-state index in [1.54, 1.807) is 6.07 Å². The minimum atomic E-state index is -0.238. The molecule has 0 aliphatic heterocycles. The summed E-state index contributed by atoms with van der Waals surface area (Å²) in [5.74, 6) is -0.238. The maximum atomic E-state index is 13.1. The molecule has 2 aromatic rings. The molecule has 0 bridgehead atoms. The molecular weight excluding hydrogens is 270 g/mol. The fraction of sp³-hybridized carbons (Fsp3) is 0.200. The lowest BCUT2D eigenvalue weighted by atomic mass is 10.0. The Balaban J connectivity index is 2.16. The molecule has 0 saturated carbocycles. The molecule has 0 nitrogen and oxygen atoms in total. The number of hydrogen-bond donors (Lipinski definition) is 0. The number of benzene rings is 2. The Morgan fingerprint density at radius 2 is 1.94 bits per heavy atom. The minimum Gasteiger partial charge on any atom is -0.207 e. The van der Waals surface area contributed by atoms with Crippen LogP contribution in [0.25, 0.3) is 0 Å². The Hall–Kier alpha value is -1.05. The van der Waals surface area contributed by atoms with Gasteiger partial charge >= 0.3 is 0 Å². The van der Waals surface area contributed by atoms with Crippen molar-refractivity contribution < 1.29 is 4.39 Å². The quantitative estimate of drug-likeness (QED) is 0.669. The van der Waals surface area contributed by atoms with E-state index < -0.39 is 0 Å². The van der Waals surface area contributed by atoms with Crippen LogP contribution in [0.4, 0.5) is 4.39 Å². The van der Waals surface area contributed by atoms with Crippen LogP contribution in [0.15, 0.2) is 42.5 Å². The van der Waals surface area contributed by atoms with E-state index in [1.165, 1.54) is 12.1 Å². The Morgan fingerprint density at radius 3 is 2.61 bits per heavy atom. The van der Waals surface area contributed by atoms with Crippen LogP contribution >= 0.6 is 23.2 Å². The van der Waals surface area contributed by atoms with E-state index in [1.807, 2.05) is 31.2 Å². The van der Waals surface area contributed by atoms with Crippen LogP contribution in [-0.2, 0) is 6.42 Å². The molecule has 0 N–H and O–H groups in total. The maximum absolute atomic E-state index is 13.1. The SMILES string of the molecule is Cc1ccc(C(Cl)Cc2cccc(F)c2)cc1Cl. The van der Waals surface area contributed by atoms with Gasteiger partial charge in [-0.05, 0) is 48.2 Å². The van der Waals surface area contributed by atoms with Gasteiger partial charge < -0.3 is 0 Å². The molecular formula is C15H13Cl2F. The highest BCUT2D eigenvalue weighted by Gasteiger charge is 2.10. The van der Waals surface area contributed by atoms with Crippen molar-refractivity contribution in [3.63, 3.8) is 0 Å². The molecule has 1 atom stereocenters. The molecule has 0 aliphatic carbocycles. The molecule has 0 aromatic heterocycles. The maximum Gasteiger partial charge on any atom is 0.123 e. The first-order valence-electron chi connectivity index (χ1n) is 5.71. The topological polar surface area (TPSA) is 0 Å². The first-order valence-corrected chi connectivity index (χ1v) is 6.52. The highest BCUT2D eigenvalue weighted by molar-refractivity contribution is 6.31. The fourth-order valence-corrected chi connectivity index (χ4v) is 2.30. The van der Waals surface area contributed by atoms with Crippen molar-refractivity contribution in [2.75, 3.05) is 0 Å².